The molecule has 0 bridgehead atoms. The Morgan fingerprint density at radius 1 is 1.38 bits per heavy atom. The number of aliphatic hydroxyl groups is 1. The molecule has 4 heteroatoms. The molecule has 0 amide bonds. The molecule has 16 heavy (non-hydrogen) atoms. The van der Waals surface area contributed by atoms with Crippen molar-refractivity contribution in [3.63, 3.8) is 0 Å². The minimum Gasteiger partial charge on any atom is -0.454 e. The van der Waals surface area contributed by atoms with E-state index in [2.05, 4.69) is 0 Å². The van der Waals surface area contributed by atoms with Crippen molar-refractivity contribution in [2.75, 3.05) is 13.4 Å². The van der Waals surface area contributed by atoms with Gasteiger partial charge in [-0.1, -0.05) is 19.9 Å². The van der Waals surface area contributed by atoms with Gasteiger partial charge in [0.05, 0.1) is 0 Å². The van der Waals surface area contributed by atoms with Gasteiger partial charge in [-0.15, -0.1) is 0 Å². The van der Waals surface area contributed by atoms with Crippen molar-refractivity contribution in [1.29, 1.82) is 0 Å². The van der Waals surface area contributed by atoms with E-state index in [0.717, 1.165) is 17.1 Å². The number of fused-ring (bicyclic) bond motifs is 1. The zero-order valence-corrected chi connectivity index (χ0v) is 9.56. The minimum absolute atomic E-state index is 0.0443. The molecule has 1 aliphatic heterocycles. The maximum atomic E-state index is 9.28. The van der Waals surface area contributed by atoms with Crippen LogP contribution in [0.3, 0.4) is 0 Å². The maximum Gasteiger partial charge on any atom is 0.231 e. The fourth-order valence-corrected chi connectivity index (χ4v) is 1.66. The Bertz CT molecular complexity index is 390. The Balaban J connectivity index is 2.28. The largest absolute Gasteiger partial charge is 0.454 e. The van der Waals surface area contributed by atoms with Gasteiger partial charge < -0.3 is 20.3 Å². The van der Waals surface area contributed by atoms with Crippen molar-refractivity contribution >= 4 is 0 Å². The van der Waals surface area contributed by atoms with E-state index in [1.165, 1.54) is 0 Å². The van der Waals surface area contributed by atoms with Crippen molar-refractivity contribution < 1.29 is 14.6 Å². The summed E-state index contributed by atoms with van der Waals surface area (Å²) < 4.78 is 10.5. The molecule has 1 aromatic rings. The molecule has 1 atom stereocenters. The SMILES string of the molecule is CC(C)(CO)[C@H](N)c1ccc2c(c1)OCO2. The van der Waals surface area contributed by atoms with E-state index >= 15 is 0 Å². The average Bonchev–Trinajstić information content (AvgIpc) is 2.74. The highest BCUT2D eigenvalue weighted by atomic mass is 16.7. The molecular weight excluding hydrogens is 206 g/mol. The van der Waals surface area contributed by atoms with Crippen LogP contribution in [0.15, 0.2) is 18.2 Å². The highest BCUT2D eigenvalue weighted by Gasteiger charge is 2.28. The van der Waals surface area contributed by atoms with Crippen molar-refractivity contribution in [2.45, 2.75) is 19.9 Å². The van der Waals surface area contributed by atoms with Crippen LogP contribution in [0, 0.1) is 5.41 Å². The lowest BCUT2D eigenvalue weighted by Gasteiger charge is -2.29. The average molecular weight is 223 g/mol. The number of hydrogen-bond donors (Lipinski definition) is 2. The van der Waals surface area contributed by atoms with Crippen LogP contribution in [0.4, 0.5) is 0 Å². The first-order valence-electron chi connectivity index (χ1n) is 5.30. The minimum atomic E-state index is -0.353. The summed E-state index contributed by atoms with van der Waals surface area (Å²) >= 11 is 0. The molecule has 1 aromatic carbocycles. The third-order valence-electron chi connectivity index (χ3n) is 3.01. The summed E-state index contributed by atoms with van der Waals surface area (Å²) in [6.45, 7) is 4.17. The van der Waals surface area contributed by atoms with E-state index in [1.807, 2.05) is 32.0 Å². The third kappa shape index (κ3) is 1.86. The van der Waals surface area contributed by atoms with Gasteiger partial charge in [-0.2, -0.15) is 0 Å². The first-order chi connectivity index (χ1) is 7.54. The molecule has 0 unspecified atom stereocenters. The predicted molar refractivity (Wildman–Crippen MR) is 60.4 cm³/mol. The van der Waals surface area contributed by atoms with Crippen molar-refractivity contribution in [2.24, 2.45) is 11.1 Å². The van der Waals surface area contributed by atoms with Crippen LogP contribution in [-0.4, -0.2) is 18.5 Å². The lowest BCUT2D eigenvalue weighted by molar-refractivity contribution is 0.132. The lowest BCUT2D eigenvalue weighted by Crippen LogP contribution is -2.32. The Morgan fingerprint density at radius 3 is 2.75 bits per heavy atom. The van der Waals surface area contributed by atoms with Gasteiger partial charge in [-0.05, 0) is 17.7 Å². The molecule has 0 saturated heterocycles. The molecule has 3 N–H and O–H groups in total. The van der Waals surface area contributed by atoms with Crippen LogP contribution in [0.5, 0.6) is 11.5 Å². The summed E-state index contributed by atoms with van der Waals surface area (Å²) in [5, 5.41) is 9.28. The van der Waals surface area contributed by atoms with Gasteiger partial charge in [-0.3, -0.25) is 0 Å². The molecule has 1 heterocycles. The van der Waals surface area contributed by atoms with Crippen molar-refractivity contribution in [3.8, 4) is 11.5 Å². The van der Waals surface area contributed by atoms with Crippen LogP contribution in [0.1, 0.15) is 25.5 Å². The molecule has 2 rings (SSSR count). The Kier molecular flexibility index (Phi) is 2.78. The van der Waals surface area contributed by atoms with Gasteiger partial charge in [-0.25, -0.2) is 0 Å². The van der Waals surface area contributed by atoms with E-state index in [1.54, 1.807) is 0 Å². The summed E-state index contributed by atoms with van der Waals surface area (Å²) in [4.78, 5) is 0. The van der Waals surface area contributed by atoms with Gasteiger partial charge in [0.15, 0.2) is 11.5 Å². The Labute approximate surface area is 95.0 Å². The second-order valence-corrected chi connectivity index (χ2v) is 4.74. The number of ether oxygens (including phenoxy) is 2. The number of rotatable bonds is 3. The van der Waals surface area contributed by atoms with Gasteiger partial charge in [0.2, 0.25) is 6.79 Å². The van der Waals surface area contributed by atoms with Gasteiger partial charge >= 0.3 is 0 Å². The standard InChI is InChI=1S/C12H17NO3/c1-12(2,6-14)11(13)8-3-4-9-10(5-8)16-7-15-9/h3-5,11,14H,6-7,13H2,1-2H3/t11-/m1/s1. The van der Waals surface area contributed by atoms with E-state index in [0.29, 0.717) is 0 Å². The fraction of sp³-hybridized carbons (Fsp3) is 0.500. The molecule has 4 nitrogen and oxygen atoms in total. The van der Waals surface area contributed by atoms with Crippen LogP contribution in [-0.2, 0) is 0 Å². The van der Waals surface area contributed by atoms with Crippen LogP contribution in [0.25, 0.3) is 0 Å². The second-order valence-electron chi connectivity index (χ2n) is 4.74. The summed E-state index contributed by atoms with van der Waals surface area (Å²) in [6, 6.07) is 5.41. The number of nitrogens with two attached hydrogens (primary N) is 1. The molecule has 0 fully saturated rings. The Morgan fingerprint density at radius 2 is 2.06 bits per heavy atom. The molecule has 88 valence electrons. The monoisotopic (exact) mass is 223 g/mol. The van der Waals surface area contributed by atoms with E-state index < -0.39 is 0 Å². The van der Waals surface area contributed by atoms with Crippen LogP contribution in [0.2, 0.25) is 0 Å². The highest BCUT2D eigenvalue weighted by molar-refractivity contribution is 5.45. The van der Waals surface area contributed by atoms with Crippen LogP contribution >= 0.6 is 0 Å². The molecule has 0 aliphatic carbocycles. The zero-order valence-electron chi connectivity index (χ0n) is 9.56. The van der Waals surface area contributed by atoms with E-state index in [9.17, 15) is 5.11 Å². The molecular formula is C12H17NO3. The second kappa shape index (κ2) is 3.96. The number of aliphatic hydroxyl groups excluding tert-OH is 1. The summed E-state index contributed by atoms with van der Waals surface area (Å²) in [5.74, 6) is 1.47. The maximum absolute atomic E-state index is 9.28. The topological polar surface area (TPSA) is 64.7 Å². The Hall–Kier alpha value is -1.26. The van der Waals surface area contributed by atoms with Gasteiger partial charge in [0, 0.05) is 18.1 Å². The van der Waals surface area contributed by atoms with Crippen molar-refractivity contribution in [3.05, 3.63) is 23.8 Å². The van der Waals surface area contributed by atoms with Gasteiger partial charge in [0.25, 0.3) is 0 Å². The number of benzene rings is 1. The lowest BCUT2D eigenvalue weighted by atomic mass is 9.82. The molecule has 0 spiro atoms. The number of hydrogen-bond acceptors (Lipinski definition) is 4. The first-order valence-corrected chi connectivity index (χ1v) is 5.30. The molecule has 0 saturated carbocycles. The molecule has 0 aromatic heterocycles. The smallest absolute Gasteiger partial charge is 0.231 e. The third-order valence-corrected chi connectivity index (χ3v) is 3.01. The van der Waals surface area contributed by atoms with Gasteiger partial charge in [0.1, 0.15) is 0 Å². The fourth-order valence-electron chi connectivity index (χ4n) is 1.66. The zero-order chi connectivity index (χ0) is 11.8. The van der Waals surface area contributed by atoms with Crippen molar-refractivity contribution in [1.82, 2.24) is 0 Å². The van der Waals surface area contributed by atoms with E-state index in [-0.39, 0.29) is 24.9 Å². The first kappa shape index (κ1) is 11.2. The summed E-state index contributed by atoms with van der Waals surface area (Å²) in [7, 11) is 0. The van der Waals surface area contributed by atoms with Crippen LogP contribution < -0.4 is 15.2 Å². The summed E-state index contributed by atoms with van der Waals surface area (Å²) in [6.07, 6.45) is 0. The summed E-state index contributed by atoms with van der Waals surface area (Å²) in [5.41, 5.74) is 6.72. The predicted octanol–water partition coefficient (Wildman–Crippen LogP) is 1.43. The quantitative estimate of drug-likeness (QED) is 0.813. The normalized spacial score (nSPS) is 16.2. The molecule has 0 radical (unpaired) electrons. The highest BCUT2D eigenvalue weighted by Crippen LogP contribution is 2.37. The molecule has 1 aliphatic rings. The van der Waals surface area contributed by atoms with E-state index in [4.69, 9.17) is 15.2 Å².